The van der Waals surface area contributed by atoms with Gasteiger partial charge in [-0.15, -0.1) is 0 Å². The fraction of sp³-hybridized carbons (Fsp3) is 0.316. The molecule has 1 aliphatic rings. The highest BCUT2D eigenvalue weighted by atomic mass is 31.2. The Balaban J connectivity index is 1.68. The van der Waals surface area contributed by atoms with Crippen LogP contribution in [-0.4, -0.2) is 34.0 Å². The Kier molecular flexibility index (Phi) is 4.37. The van der Waals surface area contributed by atoms with Crippen molar-refractivity contribution in [3.63, 3.8) is 0 Å². The van der Waals surface area contributed by atoms with Crippen LogP contribution in [0.25, 0.3) is 5.65 Å². The normalized spacial score (nSPS) is 14.1. The van der Waals surface area contributed by atoms with E-state index in [1.807, 2.05) is 30.3 Å². The van der Waals surface area contributed by atoms with Crippen LogP contribution in [0, 0.1) is 11.3 Å². The van der Waals surface area contributed by atoms with Gasteiger partial charge in [0, 0.05) is 24.0 Å². The molecule has 7 nitrogen and oxygen atoms in total. The van der Waals surface area contributed by atoms with Gasteiger partial charge in [-0.3, -0.25) is 0 Å². The zero-order valence-corrected chi connectivity index (χ0v) is 16.2. The van der Waals surface area contributed by atoms with Crippen molar-refractivity contribution in [1.29, 1.82) is 5.26 Å². The summed E-state index contributed by atoms with van der Waals surface area (Å²) in [6.07, 6.45) is 4.36. The van der Waals surface area contributed by atoms with Gasteiger partial charge in [-0.25, -0.2) is 4.98 Å². The van der Waals surface area contributed by atoms with Crippen LogP contribution in [-0.2, 0) is 10.7 Å². The van der Waals surface area contributed by atoms with Crippen molar-refractivity contribution in [1.82, 2.24) is 14.6 Å². The van der Waals surface area contributed by atoms with Gasteiger partial charge in [-0.1, -0.05) is 12.1 Å². The summed E-state index contributed by atoms with van der Waals surface area (Å²) in [7, 11) is -2.14. The highest BCUT2D eigenvalue weighted by molar-refractivity contribution is 7.61. The molecule has 0 bridgehead atoms. The fourth-order valence-electron chi connectivity index (χ4n) is 2.98. The summed E-state index contributed by atoms with van der Waals surface area (Å²) in [6, 6.07) is 12.3. The fourth-order valence-corrected chi connectivity index (χ4v) is 4.06. The largest absolute Gasteiger partial charge is 0.367 e. The molecule has 0 unspecified atom stereocenters. The molecule has 0 saturated heterocycles. The number of aromatic nitrogens is 3. The van der Waals surface area contributed by atoms with Crippen LogP contribution in [0.3, 0.4) is 0 Å². The molecule has 138 valence electrons. The third kappa shape index (κ3) is 4.12. The van der Waals surface area contributed by atoms with Crippen molar-refractivity contribution >= 4 is 30.1 Å². The number of rotatable bonds is 6. The van der Waals surface area contributed by atoms with Gasteiger partial charge in [-0.05, 0) is 43.9 Å². The first-order valence-electron chi connectivity index (χ1n) is 8.87. The molecule has 27 heavy (non-hydrogen) atoms. The van der Waals surface area contributed by atoms with E-state index >= 15 is 0 Å². The van der Waals surface area contributed by atoms with Crippen molar-refractivity contribution < 1.29 is 4.57 Å². The molecule has 1 saturated carbocycles. The van der Waals surface area contributed by atoms with E-state index in [0.717, 1.165) is 29.9 Å². The van der Waals surface area contributed by atoms with E-state index in [0.29, 0.717) is 29.2 Å². The molecule has 1 aliphatic carbocycles. The molecule has 8 heteroatoms. The highest BCUT2D eigenvalue weighted by Crippen LogP contribution is 2.40. The summed E-state index contributed by atoms with van der Waals surface area (Å²) < 4.78 is 13.8. The molecule has 1 aromatic carbocycles. The van der Waals surface area contributed by atoms with Gasteiger partial charge in [-0.2, -0.15) is 14.9 Å². The Morgan fingerprint density at radius 1 is 1.33 bits per heavy atom. The average molecular weight is 380 g/mol. The molecule has 3 aromatic rings. The van der Waals surface area contributed by atoms with E-state index in [1.54, 1.807) is 17.8 Å². The Labute approximate surface area is 157 Å². The molecule has 0 radical (unpaired) electrons. The van der Waals surface area contributed by atoms with Crippen molar-refractivity contribution in [2.24, 2.45) is 0 Å². The lowest BCUT2D eigenvalue weighted by atomic mass is 10.2. The maximum absolute atomic E-state index is 12.1. The predicted molar refractivity (Wildman–Crippen MR) is 107 cm³/mol. The van der Waals surface area contributed by atoms with E-state index in [4.69, 9.17) is 0 Å². The van der Waals surface area contributed by atoms with Crippen molar-refractivity contribution in [2.75, 3.05) is 24.0 Å². The number of fused-ring (bicyclic) bond motifs is 1. The number of nitrogens with zero attached hydrogens (tertiary/aromatic N) is 4. The third-order valence-corrected chi connectivity index (χ3v) is 5.41. The van der Waals surface area contributed by atoms with Crippen LogP contribution in [0.5, 0.6) is 0 Å². The first-order chi connectivity index (χ1) is 12.9. The van der Waals surface area contributed by atoms with Gasteiger partial charge in [0.2, 0.25) is 0 Å². The molecule has 2 N–H and O–H groups in total. The van der Waals surface area contributed by atoms with Gasteiger partial charge >= 0.3 is 0 Å². The quantitative estimate of drug-likeness (QED) is 0.627. The summed E-state index contributed by atoms with van der Waals surface area (Å²) in [6.45, 7) is 3.59. The smallest absolute Gasteiger partial charge is 0.177 e. The minimum Gasteiger partial charge on any atom is -0.367 e. The zero-order chi connectivity index (χ0) is 19.0. The van der Waals surface area contributed by atoms with E-state index in [-0.39, 0.29) is 0 Å². The first kappa shape index (κ1) is 17.6. The number of hydrogen-bond acceptors (Lipinski definition) is 6. The number of nitriles is 1. The standard InChI is InChI=1S/C19H21N6OP/c1-27(2,26)12-13-4-3-5-16(8-13)22-17-9-18(23-15-6-7-15)25-19(24-17)14(10-20)11-21-25/h3-5,8-9,11,15,23H,6-7,12H2,1-2H3,(H,22,24). The molecule has 2 heterocycles. The van der Waals surface area contributed by atoms with Crippen molar-refractivity contribution in [2.45, 2.75) is 25.0 Å². The second kappa shape index (κ2) is 6.71. The Hall–Kier alpha value is -2.84. The van der Waals surface area contributed by atoms with Gasteiger partial charge in [0.15, 0.2) is 5.65 Å². The average Bonchev–Trinajstić information content (AvgIpc) is 3.30. The third-order valence-electron chi connectivity index (χ3n) is 4.28. The lowest BCUT2D eigenvalue weighted by Gasteiger charge is -2.12. The first-order valence-corrected chi connectivity index (χ1v) is 11.7. The van der Waals surface area contributed by atoms with Gasteiger partial charge in [0.25, 0.3) is 0 Å². The molecule has 1 fully saturated rings. The highest BCUT2D eigenvalue weighted by Gasteiger charge is 2.23. The van der Waals surface area contributed by atoms with E-state index in [2.05, 4.69) is 26.8 Å². The second-order valence-electron chi connectivity index (χ2n) is 7.41. The lowest BCUT2D eigenvalue weighted by molar-refractivity contribution is 0.582. The summed E-state index contributed by atoms with van der Waals surface area (Å²) in [5, 5.41) is 20.4. The molecular weight excluding hydrogens is 359 g/mol. The van der Waals surface area contributed by atoms with Crippen LogP contribution < -0.4 is 10.6 Å². The maximum Gasteiger partial charge on any atom is 0.177 e. The Morgan fingerprint density at radius 3 is 2.85 bits per heavy atom. The van der Waals surface area contributed by atoms with E-state index in [1.165, 1.54) is 6.20 Å². The molecule has 0 aliphatic heterocycles. The monoisotopic (exact) mass is 380 g/mol. The van der Waals surface area contributed by atoms with Crippen LogP contribution in [0.15, 0.2) is 36.5 Å². The molecule has 0 amide bonds. The zero-order valence-electron chi connectivity index (χ0n) is 15.3. The van der Waals surface area contributed by atoms with Crippen LogP contribution in [0.1, 0.15) is 24.0 Å². The van der Waals surface area contributed by atoms with Crippen LogP contribution in [0.4, 0.5) is 17.3 Å². The van der Waals surface area contributed by atoms with Crippen LogP contribution in [0.2, 0.25) is 0 Å². The summed E-state index contributed by atoms with van der Waals surface area (Å²) >= 11 is 0. The minimum atomic E-state index is -2.14. The van der Waals surface area contributed by atoms with Gasteiger partial charge in [0.05, 0.1) is 13.3 Å². The predicted octanol–water partition coefficient (Wildman–Crippen LogP) is 4.04. The molecule has 2 aromatic heterocycles. The maximum atomic E-state index is 12.1. The number of anilines is 3. The number of nitrogens with one attached hydrogen (secondary N) is 2. The molecule has 0 spiro atoms. The van der Waals surface area contributed by atoms with Crippen molar-refractivity contribution in [3.05, 3.63) is 47.7 Å². The molecular formula is C19H21N6OP. The van der Waals surface area contributed by atoms with Gasteiger partial charge in [0.1, 0.15) is 23.3 Å². The Bertz CT molecular complexity index is 1090. The van der Waals surface area contributed by atoms with Crippen molar-refractivity contribution in [3.8, 4) is 6.07 Å². The van der Waals surface area contributed by atoms with E-state index < -0.39 is 7.14 Å². The van der Waals surface area contributed by atoms with Gasteiger partial charge < -0.3 is 15.2 Å². The summed E-state index contributed by atoms with van der Waals surface area (Å²) in [5.74, 6) is 1.45. The van der Waals surface area contributed by atoms with E-state index in [9.17, 15) is 9.83 Å². The summed E-state index contributed by atoms with van der Waals surface area (Å²) in [5.41, 5.74) is 2.85. The minimum absolute atomic E-state index is 0.434. The molecule has 4 rings (SSSR count). The van der Waals surface area contributed by atoms with Crippen LogP contribution >= 0.6 is 7.14 Å². The number of benzene rings is 1. The number of hydrogen-bond donors (Lipinski definition) is 2. The summed E-state index contributed by atoms with van der Waals surface area (Å²) in [4.78, 5) is 4.57. The SMILES string of the molecule is CP(C)(=O)Cc1cccc(Nc2cc(NC3CC3)n3ncc(C#N)c3n2)c1. The second-order valence-corrected chi connectivity index (χ2v) is 10.9. The molecule has 0 atom stereocenters. The Morgan fingerprint density at radius 2 is 2.15 bits per heavy atom. The lowest BCUT2D eigenvalue weighted by Crippen LogP contribution is -2.09. The topological polar surface area (TPSA) is 95.1 Å².